The first kappa shape index (κ1) is 63.6. The average Bonchev–Trinajstić information content (AvgIpc) is 3.31. The number of esters is 3. The maximum absolute atomic E-state index is 12.8. The first-order valence-corrected chi connectivity index (χ1v) is 29.0. The Labute approximate surface area is 410 Å². The second-order valence-electron chi connectivity index (χ2n) is 19.6. The van der Waals surface area contributed by atoms with Gasteiger partial charge in [-0.05, 0) is 57.8 Å². The SMILES string of the molecule is CCCCCCC/C=C\C/C=C\C/C=C\CCCCCCCCCCC(=O)OCC(COC(=O)CCCCCCCCCCCC)OC(=O)CCCCCCCCCCCCCCCCC. The van der Waals surface area contributed by atoms with Crippen molar-refractivity contribution in [1.29, 1.82) is 0 Å². The van der Waals surface area contributed by atoms with Crippen molar-refractivity contribution < 1.29 is 28.6 Å². The number of unbranched alkanes of at least 4 members (excludes halogenated alkanes) is 36. The molecule has 0 aromatic heterocycles. The number of hydrogen-bond donors (Lipinski definition) is 0. The average molecular weight is 928 g/mol. The Morgan fingerprint density at radius 2 is 0.545 bits per heavy atom. The van der Waals surface area contributed by atoms with Gasteiger partial charge in [0.1, 0.15) is 13.2 Å². The lowest BCUT2D eigenvalue weighted by Crippen LogP contribution is -2.30. The van der Waals surface area contributed by atoms with Crippen LogP contribution in [0.1, 0.15) is 310 Å². The summed E-state index contributed by atoms with van der Waals surface area (Å²) < 4.78 is 16.8. The summed E-state index contributed by atoms with van der Waals surface area (Å²) in [5, 5.41) is 0. The molecule has 1 atom stereocenters. The summed E-state index contributed by atoms with van der Waals surface area (Å²) in [4.78, 5) is 38.1. The molecular formula is C60H110O6. The van der Waals surface area contributed by atoms with Crippen LogP contribution in [-0.2, 0) is 28.6 Å². The molecule has 386 valence electrons. The van der Waals surface area contributed by atoms with E-state index in [-0.39, 0.29) is 31.1 Å². The van der Waals surface area contributed by atoms with Crippen LogP contribution in [0.3, 0.4) is 0 Å². The number of hydrogen-bond acceptors (Lipinski definition) is 6. The standard InChI is InChI=1S/C60H110O6/c1-4-7-10-13-16-19-22-24-26-27-28-29-30-31-32-33-35-36-38-41-44-47-50-53-59(62)65-56-57(55-64-58(61)52-49-46-43-40-21-18-15-12-9-6-3)66-60(63)54-51-48-45-42-39-37-34-25-23-20-17-14-11-8-5-2/h22,24,27-28,30-31,57H,4-21,23,25-26,29,32-56H2,1-3H3/b24-22-,28-27-,31-30-. The molecule has 0 fully saturated rings. The van der Waals surface area contributed by atoms with Gasteiger partial charge in [-0.15, -0.1) is 0 Å². The van der Waals surface area contributed by atoms with Gasteiger partial charge < -0.3 is 14.2 Å². The maximum Gasteiger partial charge on any atom is 0.306 e. The molecule has 6 heteroatoms. The fourth-order valence-electron chi connectivity index (χ4n) is 8.51. The van der Waals surface area contributed by atoms with E-state index >= 15 is 0 Å². The lowest BCUT2D eigenvalue weighted by Gasteiger charge is -2.18. The predicted molar refractivity (Wildman–Crippen MR) is 284 cm³/mol. The molecule has 0 aliphatic heterocycles. The number of ether oxygens (including phenoxy) is 3. The molecule has 0 aliphatic rings. The van der Waals surface area contributed by atoms with Gasteiger partial charge in [-0.25, -0.2) is 0 Å². The van der Waals surface area contributed by atoms with Gasteiger partial charge in [0, 0.05) is 19.3 Å². The van der Waals surface area contributed by atoms with Crippen LogP contribution in [0.15, 0.2) is 36.5 Å². The quantitative estimate of drug-likeness (QED) is 0.0262. The summed E-state index contributed by atoms with van der Waals surface area (Å²) >= 11 is 0. The van der Waals surface area contributed by atoms with E-state index in [2.05, 4.69) is 57.2 Å². The van der Waals surface area contributed by atoms with Crippen LogP contribution < -0.4 is 0 Å². The molecule has 66 heavy (non-hydrogen) atoms. The number of rotatable bonds is 53. The predicted octanol–water partition coefficient (Wildman–Crippen LogP) is 19.3. The molecule has 0 spiro atoms. The van der Waals surface area contributed by atoms with E-state index in [1.165, 1.54) is 193 Å². The van der Waals surface area contributed by atoms with E-state index in [1.807, 2.05) is 0 Å². The summed E-state index contributed by atoms with van der Waals surface area (Å²) in [5.74, 6) is -0.862. The molecule has 0 bridgehead atoms. The number of carbonyl (C=O) groups excluding carboxylic acids is 3. The molecule has 0 amide bonds. The number of carbonyl (C=O) groups is 3. The van der Waals surface area contributed by atoms with Crippen LogP contribution in [-0.4, -0.2) is 37.2 Å². The van der Waals surface area contributed by atoms with Crippen molar-refractivity contribution in [1.82, 2.24) is 0 Å². The molecule has 0 rings (SSSR count). The van der Waals surface area contributed by atoms with Gasteiger partial charge in [-0.1, -0.05) is 269 Å². The highest BCUT2D eigenvalue weighted by atomic mass is 16.6. The molecule has 0 aromatic rings. The van der Waals surface area contributed by atoms with Gasteiger partial charge in [-0.2, -0.15) is 0 Å². The molecule has 6 nitrogen and oxygen atoms in total. The highest BCUT2D eigenvalue weighted by Crippen LogP contribution is 2.16. The summed E-state index contributed by atoms with van der Waals surface area (Å²) in [6, 6.07) is 0. The Hall–Kier alpha value is -2.37. The molecule has 0 heterocycles. The van der Waals surface area contributed by atoms with Crippen molar-refractivity contribution in [3.05, 3.63) is 36.5 Å². The van der Waals surface area contributed by atoms with Crippen molar-refractivity contribution in [3.63, 3.8) is 0 Å². The van der Waals surface area contributed by atoms with Crippen molar-refractivity contribution >= 4 is 17.9 Å². The largest absolute Gasteiger partial charge is 0.462 e. The monoisotopic (exact) mass is 927 g/mol. The summed E-state index contributed by atoms with van der Waals surface area (Å²) in [5.41, 5.74) is 0. The van der Waals surface area contributed by atoms with Crippen molar-refractivity contribution in [2.45, 2.75) is 316 Å². The van der Waals surface area contributed by atoms with E-state index in [0.717, 1.165) is 77.0 Å². The lowest BCUT2D eigenvalue weighted by molar-refractivity contribution is -0.167. The van der Waals surface area contributed by atoms with E-state index in [9.17, 15) is 14.4 Å². The van der Waals surface area contributed by atoms with Crippen LogP contribution in [0.4, 0.5) is 0 Å². The molecule has 0 aliphatic carbocycles. The molecule has 0 N–H and O–H groups in total. The van der Waals surface area contributed by atoms with Crippen molar-refractivity contribution in [2.24, 2.45) is 0 Å². The van der Waals surface area contributed by atoms with Crippen LogP contribution in [0, 0.1) is 0 Å². The lowest BCUT2D eigenvalue weighted by atomic mass is 10.0. The highest BCUT2D eigenvalue weighted by molar-refractivity contribution is 5.71. The molecule has 0 saturated heterocycles. The van der Waals surface area contributed by atoms with Gasteiger partial charge >= 0.3 is 17.9 Å². The minimum atomic E-state index is -0.770. The van der Waals surface area contributed by atoms with Gasteiger partial charge in [-0.3, -0.25) is 14.4 Å². The maximum atomic E-state index is 12.8. The van der Waals surface area contributed by atoms with E-state index < -0.39 is 6.10 Å². The molecule has 0 saturated carbocycles. The minimum Gasteiger partial charge on any atom is -0.462 e. The Morgan fingerprint density at radius 1 is 0.303 bits per heavy atom. The fraction of sp³-hybridized carbons (Fsp3) is 0.850. The fourth-order valence-corrected chi connectivity index (χ4v) is 8.51. The Kier molecular flexibility index (Phi) is 53.2. The molecule has 0 radical (unpaired) electrons. The van der Waals surface area contributed by atoms with E-state index in [1.54, 1.807) is 0 Å². The molecular weight excluding hydrogens is 817 g/mol. The summed E-state index contributed by atoms with van der Waals surface area (Å²) in [6.07, 6.45) is 65.7. The molecule has 1 unspecified atom stereocenters. The van der Waals surface area contributed by atoms with Gasteiger partial charge in [0.25, 0.3) is 0 Å². The van der Waals surface area contributed by atoms with Crippen molar-refractivity contribution in [3.8, 4) is 0 Å². The number of allylic oxidation sites excluding steroid dienone is 6. The second kappa shape index (κ2) is 55.2. The van der Waals surface area contributed by atoms with Crippen LogP contribution >= 0.6 is 0 Å². The zero-order valence-corrected chi connectivity index (χ0v) is 44.2. The third-order valence-electron chi connectivity index (χ3n) is 12.9. The zero-order valence-electron chi connectivity index (χ0n) is 44.2. The smallest absolute Gasteiger partial charge is 0.306 e. The van der Waals surface area contributed by atoms with Crippen LogP contribution in [0.5, 0.6) is 0 Å². The normalized spacial score (nSPS) is 12.2. The Bertz CT molecular complexity index is 1110. The van der Waals surface area contributed by atoms with Gasteiger partial charge in [0.05, 0.1) is 0 Å². The molecule has 0 aromatic carbocycles. The highest BCUT2D eigenvalue weighted by Gasteiger charge is 2.19. The van der Waals surface area contributed by atoms with Crippen LogP contribution in [0.2, 0.25) is 0 Å². The van der Waals surface area contributed by atoms with Crippen LogP contribution in [0.25, 0.3) is 0 Å². The first-order valence-electron chi connectivity index (χ1n) is 29.0. The second-order valence-corrected chi connectivity index (χ2v) is 19.6. The van der Waals surface area contributed by atoms with Gasteiger partial charge in [0.2, 0.25) is 0 Å². The Morgan fingerprint density at radius 3 is 0.848 bits per heavy atom. The van der Waals surface area contributed by atoms with E-state index in [0.29, 0.717) is 19.3 Å². The minimum absolute atomic E-state index is 0.0699. The van der Waals surface area contributed by atoms with E-state index in [4.69, 9.17) is 14.2 Å². The summed E-state index contributed by atoms with van der Waals surface area (Å²) in [7, 11) is 0. The summed E-state index contributed by atoms with van der Waals surface area (Å²) in [6.45, 7) is 6.65. The third kappa shape index (κ3) is 52.6. The third-order valence-corrected chi connectivity index (χ3v) is 12.9. The zero-order chi connectivity index (χ0) is 47.9. The Balaban J connectivity index is 4.25. The van der Waals surface area contributed by atoms with Gasteiger partial charge in [0.15, 0.2) is 6.10 Å². The topological polar surface area (TPSA) is 78.9 Å². The first-order chi connectivity index (χ1) is 32.5. The van der Waals surface area contributed by atoms with Crippen molar-refractivity contribution in [2.75, 3.05) is 13.2 Å².